The molecule has 0 saturated carbocycles. The van der Waals surface area contributed by atoms with Gasteiger partial charge in [0.15, 0.2) is 5.82 Å². The molecule has 15 heteroatoms. The molecule has 0 saturated heterocycles. The maximum Gasteiger partial charge on any atom is 0.330 e. The molecular formula is C28H30N10O4S. The maximum absolute atomic E-state index is 12.3. The Morgan fingerprint density at radius 2 is 2.02 bits per heavy atom. The van der Waals surface area contributed by atoms with Gasteiger partial charge in [-0.1, -0.05) is 30.0 Å². The number of rotatable bonds is 13. The van der Waals surface area contributed by atoms with Crippen molar-refractivity contribution in [3.05, 3.63) is 59.8 Å². The lowest BCUT2D eigenvalue weighted by Crippen LogP contribution is -2.24. The number of carbonyl (C=O) groups is 2. The Hall–Kier alpha value is -5.20. The largest absolute Gasteiger partial charge is 0.458 e. The summed E-state index contributed by atoms with van der Waals surface area (Å²) in [7, 11) is 1.57. The summed E-state index contributed by atoms with van der Waals surface area (Å²) in [6.07, 6.45) is 2.00. The lowest BCUT2D eigenvalue weighted by molar-refractivity contribution is -0.141. The number of nitrogens with two attached hydrogens (primary N) is 1. The molecule has 0 aliphatic rings. The lowest BCUT2D eigenvalue weighted by atomic mass is 10.1. The number of methoxy groups -OCH3 is 1. The number of azo groups is 1. The molecule has 3 aromatic heterocycles. The minimum absolute atomic E-state index is 0.0272. The van der Waals surface area contributed by atoms with Gasteiger partial charge in [0.05, 0.1) is 28.9 Å². The van der Waals surface area contributed by atoms with E-state index in [9.17, 15) is 14.9 Å². The van der Waals surface area contributed by atoms with E-state index >= 15 is 0 Å². The number of anilines is 2. The number of nitrogens with zero attached hydrogens (tertiary/aromatic N) is 7. The average molecular weight is 603 g/mol. The van der Waals surface area contributed by atoms with Gasteiger partial charge >= 0.3 is 5.97 Å². The molecule has 0 radical (unpaired) electrons. The van der Waals surface area contributed by atoms with Crippen molar-refractivity contribution in [2.45, 2.75) is 32.9 Å². The third-order valence-corrected chi connectivity index (χ3v) is 7.08. The van der Waals surface area contributed by atoms with Crippen molar-refractivity contribution in [3.63, 3.8) is 0 Å². The summed E-state index contributed by atoms with van der Waals surface area (Å²) in [5.74, 6) is -0.779. The number of pyridine rings is 1. The van der Waals surface area contributed by atoms with Crippen molar-refractivity contribution < 1.29 is 19.1 Å². The number of benzene rings is 1. The summed E-state index contributed by atoms with van der Waals surface area (Å²) in [6, 6.07) is 9.56. The molecule has 4 aromatic rings. The molecule has 0 spiro atoms. The van der Waals surface area contributed by atoms with E-state index < -0.39 is 18.0 Å². The number of amides is 1. The van der Waals surface area contributed by atoms with Crippen LogP contribution in [0.2, 0.25) is 0 Å². The highest BCUT2D eigenvalue weighted by Crippen LogP contribution is 2.36. The van der Waals surface area contributed by atoms with Crippen molar-refractivity contribution in [1.82, 2.24) is 19.7 Å². The fourth-order valence-electron chi connectivity index (χ4n) is 4.00. The van der Waals surface area contributed by atoms with E-state index in [1.54, 1.807) is 21.0 Å². The number of para-hydroxylation sites is 1. The lowest BCUT2D eigenvalue weighted by Gasteiger charge is -2.19. The number of carbonyl (C=O) groups excluding carboxylic acids is 2. The van der Waals surface area contributed by atoms with Crippen LogP contribution in [0.4, 0.5) is 23.1 Å². The number of fused-ring (bicyclic) bond motifs is 1. The van der Waals surface area contributed by atoms with Gasteiger partial charge in [0.2, 0.25) is 10.9 Å². The zero-order chi connectivity index (χ0) is 31.1. The highest BCUT2D eigenvalue weighted by Gasteiger charge is 2.21. The first kappa shape index (κ1) is 30.8. The van der Waals surface area contributed by atoms with E-state index in [0.29, 0.717) is 23.1 Å². The Morgan fingerprint density at radius 3 is 2.70 bits per heavy atom. The quantitative estimate of drug-likeness (QED) is 0.111. The summed E-state index contributed by atoms with van der Waals surface area (Å²) in [5, 5.41) is 29.9. The van der Waals surface area contributed by atoms with E-state index in [1.807, 2.05) is 31.2 Å². The molecule has 222 valence electrons. The Kier molecular flexibility index (Phi) is 9.76. The molecule has 2 atom stereocenters. The topological polar surface area (TPSA) is 195 Å². The fourth-order valence-corrected chi connectivity index (χ4v) is 4.89. The van der Waals surface area contributed by atoms with Crippen molar-refractivity contribution in [2.75, 3.05) is 30.9 Å². The number of esters is 1. The fraction of sp³-hybridized carbons (Fsp3) is 0.286. The number of aromatic nitrogens is 4. The van der Waals surface area contributed by atoms with Crippen LogP contribution in [0.3, 0.4) is 0 Å². The van der Waals surface area contributed by atoms with Crippen LogP contribution in [-0.2, 0) is 14.3 Å². The van der Waals surface area contributed by atoms with Gasteiger partial charge in [0.1, 0.15) is 29.2 Å². The third-order valence-electron chi connectivity index (χ3n) is 6.05. The maximum atomic E-state index is 12.3. The van der Waals surface area contributed by atoms with Crippen LogP contribution in [0.5, 0.6) is 0 Å². The predicted molar refractivity (Wildman–Crippen MR) is 162 cm³/mol. The van der Waals surface area contributed by atoms with E-state index in [4.69, 9.17) is 15.2 Å². The second kappa shape index (κ2) is 13.6. The Balaban J connectivity index is 1.73. The molecule has 0 aliphatic heterocycles. The molecule has 1 aromatic carbocycles. The highest BCUT2D eigenvalue weighted by molar-refractivity contribution is 7.20. The zero-order valence-corrected chi connectivity index (χ0v) is 24.8. The van der Waals surface area contributed by atoms with Crippen molar-refractivity contribution >= 4 is 56.6 Å². The molecule has 4 N–H and O–H groups in total. The molecule has 14 nitrogen and oxygen atoms in total. The summed E-state index contributed by atoms with van der Waals surface area (Å²) >= 11 is 1.39. The van der Waals surface area contributed by atoms with Gasteiger partial charge in [-0.05, 0) is 32.9 Å². The molecule has 0 aliphatic carbocycles. The van der Waals surface area contributed by atoms with Crippen LogP contribution in [-0.4, -0.2) is 64.0 Å². The normalized spacial score (nSPS) is 12.5. The Labute approximate surface area is 251 Å². The SMILES string of the molecule is C=CC(=O)OC(C)CNc1nc(NC(C)COC)c(N=Nc2nn(-c3nc4ccccc4s3)cc2C(N)=O)c(C)c1C#N. The van der Waals surface area contributed by atoms with Crippen molar-refractivity contribution in [3.8, 4) is 11.2 Å². The Morgan fingerprint density at radius 1 is 1.26 bits per heavy atom. The van der Waals surface area contributed by atoms with Crippen molar-refractivity contribution in [1.29, 1.82) is 5.26 Å². The number of thiazole rings is 1. The first-order valence-corrected chi connectivity index (χ1v) is 13.9. The first-order valence-electron chi connectivity index (χ1n) is 13.1. The number of nitriles is 1. The van der Waals surface area contributed by atoms with Gasteiger partial charge in [-0.3, -0.25) is 4.79 Å². The number of primary amides is 1. The third kappa shape index (κ3) is 7.18. The van der Waals surface area contributed by atoms with Crippen LogP contribution < -0.4 is 16.4 Å². The summed E-state index contributed by atoms with van der Waals surface area (Å²) in [6.45, 7) is 9.20. The van der Waals surface area contributed by atoms with Crippen LogP contribution in [0.1, 0.15) is 35.3 Å². The molecule has 0 bridgehead atoms. The number of hydrogen-bond acceptors (Lipinski definition) is 13. The smallest absolute Gasteiger partial charge is 0.330 e. The van der Waals surface area contributed by atoms with Crippen molar-refractivity contribution in [2.24, 2.45) is 16.0 Å². The minimum Gasteiger partial charge on any atom is -0.458 e. The number of hydrogen-bond donors (Lipinski definition) is 3. The van der Waals surface area contributed by atoms with Gasteiger partial charge < -0.3 is 25.8 Å². The minimum atomic E-state index is -0.744. The highest BCUT2D eigenvalue weighted by atomic mass is 32.1. The van der Waals surface area contributed by atoms with Gasteiger partial charge in [-0.25, -0.2) is 19.4 Å². The van der Waals surface area contributed by atoms with Gasteiger partial charge in [-0.2, -0.15) is 5.26 Å². The van der Waals surface area contributed by atoms with Gasteiger partial charge in [0.25, 0.3) is 5.91 Å². The standard InChI is InChI=1S/C28H30N10O4S/c1-6-22(39)42-16(3)12-31-25-18(11-29)17(4)23(27(34-25)32-15(2)14-41-5)35-36-26-19(24(30)40)13-38(37-26)28-33-20-9-7-8-10-21(20)43-28/h6-10,13,15-16H,1,12,14H2,2-5H3,(H2,30,40)(H2,31,32,34). The molecule has 1 amide bonds. The van der Waals surface area contributed by atoms with E-state index in [-0.39, 0.29) is 41.0 Å². The monoisotopic (exact) mass is 602 g/mol. The second-order valence-corrected chi connectivity index (χ2v) is 10.5. The predicted octanol–water partition coefficient (Wildman–Crippen LogP) is 4.55. The zero-order valence-electron chi connectivity index (χ0n) is 24.0. The van der Waals surface area contributed by atoms with E-state index in [2.05, 4.69) is 48.6 Å². The first-order chi connectivity index (χ1) is 20.6. The summed E-state index contributed by atoms with van der Waals surface area (Å²) < 4.78 is 12.8. The van der Waals surface area contributed by atoms with Crippen LogP contribution >= 0.6 is 11.3 Å². The van der Waals surface area contributed by atoms with E-state index in [1.165, 1.54) is 22.2 Å². The molecule has 0 fully saturated rings. The summed E-state index contributed by atoms with van der Waals surface area (Å²) in [5.41, 5.74) is 7.37. The molecule has 43 heavy (non-hydrogen) atoms. The number of nitrogens with one attached hydrogen (secondary N) is 2. The van der Waals surface area contributed by atoms with Crippen LogP contribution in [0.25, 0.3) is 15.3 Å². The molecular weight excluding hydrogens is 572 g/mol. The van der Waals surface area contributed by atoms with Crippen LogP contribution in [0, 0.1) is 18.3 Å². The average Bonchev–Trinajstić information content (AvgIpc) is 3.60. The van der Waals surface area contributed by atoms with E-state index in [0.717, 1.165) is 16.3 Å². The van der Waals surface area contributed by atoms with Gasteiger partial charge in [-0.15, -0.1) is 15.3 Å². The second-order valence-electron chi connectivity index (χ2n) is 9.44. The number of ether oxygens (including phenoxy) is 2. The van der Waals surface area contributed by atoms with Gasteiger partial charge in [0, 0.05) is 31.0 Å². The summed E-state index contributed by atoms with van der Waals surface area (Å²) in [4.78, 5) is 33.0. The van der Waals surface area contributed by atoms with Crippen LogP contribution in [0.15, 0.2) is 53.3 Å². The molecule has 3 heterocycles. The molecule has 4 rings (SSSR count). The molecule has 2 unspecified atom stereocenters. The Bertz CT molecular complexity index is 1710.